The molecule has 7 rings (SSSR count). The van der Waals surface area contributed by atoms with Crippen molar-refractivity contribution < 1.29 is 9.59 Å². The Morgan fingerprint density at radius 2 is 1.48 bits per heavy atom. The van der Waals surface area contributed by atoms with Gasteiger partial charge in [0.05, 0.1) is 0 Å². The van der Waals surface area contributed by atoms with E-state index in [0.717, 1.165) is 56.5 Å². The zero-order valence-electron chi connectivity index (χ0n) is 18.5. The standard InChI is InChI=1S/C26H27N5O2/c32-25(17-6-5-15-3-1-2-4-16(15)9-17)30-11-19-20(12-30)22-14-31(13-21(19)22)26(33)18-7-8-23-24(10-18)28-29-27-23/h1-4,7-8,10,17,19-22H,5-6,9,11-14H2,(H,27,28,29)/t17?,19?,20?,21-,22+. The van der Waals surface area contributed by atoms with Gasteiger partial charge in [0, 0.05) is 37.7 Å². The van der Waals surface area contributed by atoms with E-state index in [1.807, 2.05) is 23.1 Å². The largest absolute Gasteiger partial charge is 0.342 e. The molecule has 5 atom stereocenters. The molecule has 0 radical (unpaired) electrons. The number of nitrogens with one attached hydrogen (secondary N) is 1. The second-order valence-corrected chi connectivity index (χ2v) is 10.3. The van der Waals surface area contributed by atoms with Gasteiger partial charge in [0.1, 0.15) is 11.0 Å². The van der Waals surface area contributed by atoms with Crippen molar-refractivity contribution in [1.82, 2.24) is 25.2 Å². The number of hydrogen-bond acceptors (Lipinski definition) is 4. The van der Waals surface area contributed by atoms with Gasteiger partial charge in [0.2, 0.25) is 5.91 Å². The summed E-state index contributed by atoms with van der Waals surface area (Å²) in [6, 6.07) is 14.1. The lowest BCUT2D eigenvalue weighted by Crippen LogP contribution is -2.44. The normalized spacial score (nSPS) is 30.0. The lowest BCUT2D eigenvalue weighted by molar-refractivity contribution is -0.135. The van der Waals surface area contributed by atoms with Crippen LogP contribution in [0.1, 0.15) is 27.9 Å². The molecule has 3 aromatic rings. The van der Waals surface area contributed by atoms with Crippen LogP contribution in [0.2, 0.25) is 0 Å². The minimum Gasteiger partial charge on any atom is -0.342 e. The van der Waals surface area contributed by atoms with Crippen molar-refractivity contribution in [2.75, 3.05) is 26.2 Å². The number of benzene rings is 2. The molecule has 4 aliphatic rings. The maximum absolute atomic E-state index is 13.3. The van der Waals surface area contributed by atoms with Gasteiger partial charge in [-0.15, -0.1) is 0 Å². The monoisotopic (exact) mass is 441 g/mol. The molecular formula is C26H27N5O2. The van der Waals surface area contributed by atoms with Crippen LogP contribution in [0, 0.1) is 29.6 Å². The molecule has 7 nitrogen and oxygen atoms in total. The molecule has 1 aromatic heterocycles. The van der Waals surface area contributed by atoms with Crippen molar-refractivity contribution in [3.8, 4) is 0 Å². The van der Waals surface area contributed by atoms with Crippen LogP contribution in [0.5, 0.6) is 0 Å². The average molecular weight is 442 g/mol. The first-order valence-corrected chi connectivity index (χ1v) is 12.1. The molecule has 2 saturated heterocycles. The number of aromatic nitrogens is 3. The Kier molecular flexibility index (Phi) is 4.17. The van der Waals surface area contributed by atoms with Gasteiger partial charge in [-0.2, -0.15) is 15.4 Å². The lowest BCUT2D eigenvalue weighted by atomic mass is 9.60. The highest BCUT2D eigenvalue weighted by Gasteiger charge is 2.59. The molecule has 33 heavy (non-hydrogen) atoms. The maximum atomic E-state index is 13.3. The van der Waals surface area contributed by atoms with Crippen molar-refractivity contribution in [3.63, 3.8) is 0 Å². The van der Waals surface area contributed by atoms with E-state index in [0.29, 0.717) is 35.1 Å². The molecule has 3 heterocycles. The van der Waals surface area contributed by atoms with Crippen LogP contribution in [0.3, 0.4) is 0 Å². The average Bonchev–Trinajstić information content (AvgIpc) is 3.56. The third-order valence-electron chi connectivity index (χ3n) is 8.78. The van der Waals surface area contributed by atoms with E-state index >= 15 is 0 Å². The van der Waals surface area contributed by atoms with Gasteiger partial charge in [-0.05, 0) is 72.3 Å². The van der Waals surface area contributed by atoms with E-state index in [4.69, 9.17) is 0 Å². The number of likely N-dealkylation sites (tertiary alicyclic amines) is 2. The molecule has 2 amide bonds. The number of fused-ring (bicyclic) bond motifs is 6. The number of amides is 2. The molecule has 1 saturated carbocycles. The van der Waals surface area contributed by atoms with Crippen molar-refractivity contribution in [2.24, 2.45) is 29.6 Å². The molecule has 0 bridgehead atoms. The van der Waals surface area contributed by atoms with Crippen LogP contribution in [-0.2, 0) is 17.6 Å². The second-order valence-electron chi connectivity index (χ2n) is 10.3. The van der Waals surface area contributed by atoms with Gasteiger partial charge in [0.15, 0.2) is 0 Å². The molecule has 1 N–H and O–H groups in total. The lowest BCUT2D eigenvalue weighted by Gasteiger charge is -2.42. The summed E-state index contributed by atoms with van der Waals surface area (Å²) in [5.74, 6) is 2.71. The highest BCUT2D eigenvalue weighted by atomic mass is 16.2. The summed E-state index contributed by atoms with van der Waals surface area (Å²) in [4.78, 5) is 30.6. The van der Waals surface area contributed by atoms with E-state index < -0.39 is 0 Å². The van der Waals surface area contributed by atoms with Crippen LogP contribution in [0.15, 0.2) is 42.5 Å². The highest BCUT2D eigenvalue weighted by molar-refractivity contribution is 5.97. The van der Waals surface area contributed by atoms with Crippen LogP contribution in [0.25, 0.3) is 11.0 Å². The number of rotatable bonds is 2. The summed E-state index contributed by atoms with van der Waals surface area (Å²) in [7, 11) is 0. The van der Waals surface area contributed by atoms with Crippen LogP contribution in [-0.4, -0.2) is 63.2 Å². The Morgan fingerprint density at radius 3 is 2.24 bits per heavy atom. The van der Waals surface area contributed by atoms with Crippen molar-refractivity contribution in [2.45, 2.75) is 19.3 Å². The van der Waals surface area contributed by atoms with E-state index in [2.05, 4.69) is 44.6 Å². The quantitative estimate of drug-likeness (QED) is 0.663. The molecule has 168 valence electrons. The third kappa shape index (κ3) is 2.94. The molecule has 3 unspecified atom stereocenters. The zero-order valence-corrected chi connectivity index (χ0v) is 18.5. The maximum Gasteiger partial charge on any atom is 0.253 e. The number of aryl methyl sites for hydroxylation is 1. The van der Waals surface area contributed by atoms with E-state index in [9.17, 15) is 9.59 Å². The minimum atomic E-state index is 0.0844. The molecule has 2 aromatic carbocycles. The second kappa shape index (κ2) is 7.14. The Bertz CT molecular complexity index is 1250. The minimum absolute atomic E-state index is 0.0844. The number of H-pyrrole nitrogens is 1. The van der Waals surface area contributed by atoms with Gasteiger partial charge in [0.25, 0.3) is 5.91 Å². The van der Waals surface area contributed by atoms with Crippen molar-refractivity contribution >= 4 is 22.8 Å². The summed E-state index contributed by atoms with van der Waals surface area (Å²) in [5, 5.41) is 10.8. The number of aromatic amines is 1. The van der Waals surface area contributed by atoms with E-state index in [1.165, 1.54) is 11.1 Å². The van der Waals surface area contributed by atoms with E-state index in [1.54, 1.807) is 0 Å². The Balaban J connectivity index is 1.00. The van der Waals surface area contributed by atoms with Crippen molar-refractivity contribution in [1.29, 1.82) is 0 Å². The van der Waals surface area contributed by atoms with Crippen LogP contribution < -0.4 is 0 Å². The number of nitrogens with zero attached hydrogens (tertiary/aromatic N) is 4. The fraction of sp³-hybridized carbons (Fsp3) is 0.462. The fourth-order valence-corrected chi connectivity index (χ4v) is 7.04. The van der Waals surface area contributed by atoms with Gasteiger partial charge in [-0.25, -0.2) is 0 Å². The summed E-state index contributed by atoms with van der Waals surface area (Å²) in [6.45, 7) is 3.35. The first-order chi connectivity index (χ1) is 16.2. The Morgan fingerprint density at radius 1 is 0.818 bits per heavy atom. The topological polar surface area (TPSA) is 82.2 Å². The van der Waals surface area contributed by atoms with Crippen molar-refractivity contribution in [3.05, 3.63) is 59.2 Å². The van der Waals surface area contributed by atoms with Crippen LogP contribution in [0.4, 0.5) is 0 Å². The predicted octanol–water partition coefficient (Wildman–Crippen LogP) is 2.54. The molecule has 3 fully saturated rings. The first-order valence-electron chi connectivity index (χ1n) is 12.1. The first kappa shape index (κ1) is 19.3. The van der Waals surface area contributed by atoms with Gasteiger partial charge in [-0.1, -0.05) is 24.3 Å². The molecule has 7 heteroatoms. The smallest absolute Gasteiger partial charge is 0.253 e. The number of hydrogen-bond donors (Lipinski definition) is 1. The zero-order chi connectivity index (χ0) is 22.1. The summed E-state index contributed by atoms with van der Waals surface area (Å²) in [6.07, 6.45) is 2.86. The molecule has 2 aliphatic heterocycles. The SMILES string of the molecule is O=C(c1ccc2n[nH]nc2c1)N1C[C@@H]2C3CN(C(=O)C4CCc5ccccc5C4)CC3[C@@H]2C1. The Hall–Kier alpha value is -3.22. The van der Waals surface area contributed by atoms with Gasteiger partial charge in [-0.3, -0.25) is 9.59 Å². The van der Waals surface area contributed by atoms with E-state index in [-0.39, 0.29) is 11.8 Å². The number of carbonyl (C=O) groups excluding carboxylic acids is 2. The fourth-order valence-electron chi connectivity index (χ4n) is 7.04. The molecule has 2 aliphatic carbocycles. The predicted molar refractivity (Wildman–Crippen MR) is 122 cm³/mol. The summed E-state index contributed by atoms with van der Waals surface area (Å²) >= 11 is 0. The summed E-state index contributed by atoms with van der Waals surface area (Å²) < 4.78 is 0. The summed E-state index contributed by atoms with van der Waals surface area (Å²) in [5.41, 5.74) is 4.93. The number of carbonyl (C=O) groups is 2. The molecule has 0 spiro atoms. The third-order valence-corrected chi connectivity index (χ3v) is 8.78. The molecular weight excluding hydrogens is 414 g/mol. The Labute approximate surface area is 192 Å². The van der Waals surface area contributed by atoms with Gasteiger partial charge >= 0.3 is 0 Å². The van der Waals surface area contributed by atoms with Crippen LogP contribution >= 0.6 is 0 Å². The highest BCUT2D eigenvalue weighted by Crippen LogP contribution is 2.54. The van der Waals surface area contributed by atoms with Gasteiger partial charge < -0.3 is 9.80 Å².